The maximum atomic E-state index is 11.0. The van der Waals surface area contributed by atoms with Crippen LogP contribution < -0.4 is 0 Å². The summed E-state index contributed by atoms with van der Waals surface area (Å²) in [5.41, 5.74) is 0. The highest BCUT2D eigenvalue weighted by atomic mass is 28.4. The summed E-state index contributed by atoms with van der Waals surface area (Å²) in [7, 11) is 1.19. The summed E-state index contributed by atoms with van der Waals surface area (Å²) in [4.78, 5) is 11.0. The monoisotopic (exact) mass is 218 g/mol. The van der Waals surface area contributed by atoms with Gasteiger partial charge in [-0.2, -0.15) is 0 Å². The molecule has 0 radical (unpaired) electrons. The molecule has 0 fully saturated rings. The van der Waals surface area contributed by atoms with E-state index < -0.39 is 14.3 Å². The third kappa shape index (κ3) is 6.68. The number of carbonyl (C=O) groups is 1. The lowest BCUT2D eigenvalue weighted by Crippen LogP contribution is -2.26. The first-order chi connectivity index (χ1) is 6.39. The molecule has 0 aromatic carbocycles. The second kappa shape index (κ2) is 5.82. The van der Waals surface area contributed by atoms with Crippen molar-refractivity contribution < 1.29 is 18.7 Å². The molecule has 0 bridgehead atoms. The van der Waals surface area contributed by atoms with Gasteiger partial charge in [-0.05, 0) is 19.6 Å². The van der Waals surface area contributed by atoms with Crippen molar-refractivity contribution in [3.63, 3.8) is 0 Å². The lowest BCUT2D eigenvalue weighted by Gasteiger charge is -2.21. The highest BCUT2D eigenvalue weighted by Crippen LogP contribution is 2.10. The summed E-state index contributed by atoms with van der Waals surface area (Å²) in [6, 6.07) is 0. The molecule has 0 heterocycles. The van der Waals surface area contributed by atoms with E-state index >= 15 is 0 Å². The largest absolute Gasteiger partial charge is 0.545 e. The van der Waals surface area contributed by atoms with Gasteiger partial charge in [-0.3, -0.25) is 0 Å². The third-order valence-electron chi connectivity index (χ3n) is 1.20. The van der Waals surface area contributed by atoms with Crippen molar-refractivity contribution in [1.82, 2.24) is 0 Å². The summed E-state index contributed by atoms with van der Waals surface area (Å²) in [6.45, 7) is 6.40. The second-order valence-electron chi connectivity index (χ2n) is 3.78. The molecule has 0 saturated heterocycles. The Balaban J connectivity index is 4.43. The standard InChI is InChI=1S/C9H18O4Si/c1-11-7-8(6-9(10)12-2)13-14(3,4)5/h6H,7H2,1-5H3/b8-6-. The van der Waals surface area contributed by atoms with E-state index in [4.69, 9.17) is 9.16 Å². The molecule has 0 aromatic rings. The molecule has 0 spiro atoms. The van der Waals surface area contributed by atoms with Gasteiger partial charge in [0.15, 0.2) is 0 Å². The van der Waals surface area contributed by atoms with Gasteiger partial charge in [-0.1, -0.05) is 0 Å². The van der Waals surface area contributed by atoms with Gasteiger partial charge in [-0.15, -0.1) is 0 Å². The number of hydrogen-bond acceptors (Lipinski definition) is 4. The molecule has 14 heavy (non-hydrogen) atoms. The lowest BCUT2D eigenvalue weighted by atomic mass is 10.4. The van der Waals surface area contributed by atoms with Crippen molar-refractivity contribution in [2.75, 3.05) is 20.8 Å². The Morgan fingerprint density at radius 2 is 1.86 bits per heavy atom. The van der Waals surface area contributed by atoms with Crippen molar-refractivity contribution in [3.05, 3.63) is 11.8 Å². The van der Waals surface area contributed by atoms with Crippen LogP contribution in [-0.4, -0.2) is 35.1 Å². The van der Waals surface area contributed by atoms with E-state index in [1.54, 1.807) is 7.11 Å². The van der Waals surface area contributed by atoms with Crippen LogP contribution in [0.2, 0.25) is 19.6 Å². The molecule has 0 aliphatic carbocycles. The Morgan fingerprint density at radius 3 is 2.21 bits per heavy atom. The number of esters is 1. The van der Waals surface area contributed by atoms with Gasteiger partial charge in [0.05, 0.1) is 13.2 Å². The Hall–Kier alpha value is -0.813. The summed E-state index contributed by atoms with van der Waals surface area (Å²) >= 11 is 0. The molecule has 0 unspecified atom stereocenters. The summed E-state index contributed by atoms with van der Waals surface area (Å²) < 4.78 is 15.0. The quantitative estimate of drug-likeness (QED) is 0.304. The highest BCUT2D eigenvalue weighted by molar-refractivity contribution is 6.70. The van der Waals surface area contributed by atoms with Gasteiger partial charge in [0.1, 0.15) is 12.4 Å². The number of rotatable bonds is 5. The fourth-order valence-corrected chi connectivity index (χ4v) is 1.73. The van der Waals surface area contributed by atoms with Crippen molar-refractivity contribution in [3.8, 4) is 0 Å². The van der Waals surface area contributed by atoms with Gasteiger partial charge in [0, 0.05) is 7.11 Å². The SMILES string of the molecule is COC/C(=C/C(=O)OC)O[Si](C)(C)C. The van der Waals surface area contributed by atoms with Crippen molar-refractivity contribution >= 4 is 14.3 Å². The zero-order valence-electron chi connectivity index (χ0n) is 9.42. The van der Waals surface area contributed by atoms with Crippen LogP contribution in [0.1, 0.15) is 0 Å². The number of carbonyl (C=O) groups excluding carboxylic acids is 1. The topological polar surface area (TPSA) is 44.8 Å². The zero-order chi connectivity index (χ0) is 11.2. The minimum atomic E-state index is -1.69. The third-order valence-corrected chi connectivity index (χ3v) is 2.08. The predicted molar refractivity (Wildman–Crippen MR) is 56.4 cm³/mol. The highest BCUT2D eigenvalue weighted by Gasteiger charge is 2.18. The summed E-state index contributed by atoms with van der Waals surface area (Å²) in [6.07, 6.45) is 1.32. The first-order valence-corrected chi connectivity index (χ1v) is 7.76. The molecule has 0 rings (SSSR count). The molecule has 0 saturated carbocycles. The maximum absolute atomic E-state index is 11.0. The molecule has 0 amide bonds. The molecule has 4 nitrogen and oxygen atoms in total. The minimum Gasteiger partial charge on any atom is -0.545 e. The van der Waals surface area contributed by atoms with Gasteiger partial charge >= 0.3 is 5.97 Å². The van der Waals surface area contributed by atoms with Crippen LogP contribution in [0.25, 0.3) is 0 Å². The van der Waals surface area contributed by atoms with Crippen molar-refractivity contribution in [1.29, 1.82) is 0 Å². The first kappa shape index (κ1) is 13.2. The second-order valence-corrected chi connectivity index (χ2v) is 8.21. The fraction of sp³-hybridized carbons (Fsp3) is 0.667. The predicted octanol–water partition coefficient (Wildman–Crippen LogP) is 1.54. The van der Waals surface area contributed by atoms with Crippen LogP contribution >= 0.6 is 0 Å². The molecule has 0 aliphatic rings. The van der Waals surface area contributed by atoms with Gasteiger partial charge < -0.3 is 13.9 Å². The van der Waals surface area contributed by atoms with Crippen LogP contribution in [0.3, 0.4) is 0 Å². The molecule has 0 aliphatic heterocycles. The molecule has 0 N–H and O–H groups in total. The molecule has 82 valence electrons. The molecular formula is C9H18O4Si. The summed E-state index contributed by atoms with van der Waals surface area (Å²) in [5.74, 6) is 0.105. The molecule has 0 aromatic heterocycles. The van der Waals surface area contributed by atoms with Gasteiger partial charge in [0.25, 0.3) is 0 Å². The van der Waals surface area contributed by atoms with E-state index in [0.29, 0.717) is 12.4 Å². The Kier molecular flexibility index (Phi) is 5.48. The molecular weight excluding hydrogens is 200 g/mol. The van der Waals surface area contributed by atoms with E-state index in [2.05, 4.69) is 4.74 Å². The van der Waals surface area contributed by atoms with Crippen molar-refractivity contribution in [2.24, 2.45) is 0 Å². The van der Waals surface area contributed by atoms with E-state index in [1.165, 1.54) is 13.2 Å². The Morgan fingerprint density at radius 1 is 1.29 bits per heavy atom. The summed E-state index contributed by atoms with van der Waals surface area (Å²) in [5, 5.41) is 0. The van der Waals surface area contributed by atoms with E-state index in [-0.39, 0.29) is 0 Å². The van der Waals surface area contributed by atoms with Gasteiger partial charge in [0.2, 0.25) is 8.32 Å². The van der Waals surface area contributed by atoms with Crippen LogP contribution in [0.4, 0.5) is 0 Å². The number of ether oxygens (including phenoxy) is 2. The van der Waals surface area contributed by atoms with E-state index in [1.807, 2.05) is 19.6 Å². The Labute approximate surface area is 86.0 Å². The van der Waals surface area contributed by atoms with E-state index in [9.17, 15) is 4.79 Å². The first-order valence-electron chi connectivity index (χ1n) is 4.35. The number of methoxy groups -OCH3 is 2. The fourth-order valence-electron chi connectivity index (χ4n) is 0.827. The van der Waals surface area contributed by atoms with Crippen LogP contribution in [0.5, 0.6) is 0 Å². The molecule has 5 heteroatoms. The average molecular weight is 218 g/mol. The zero-order valence-corrected chi connectivity index (χ0v) is 10.4. The van der Waals surface area contributed by atoms with E-state index in [0.717, 1.165) is 0 Å². The smallest absolute Gasteiger partial charge is 0.333 e. The number of hydrogen-bond donors (Lipinski definition) is 0. The molecule has 0 atom stereocenters. The normalized spacial score (nSPS) is 12.5. The Bertz CT molecular complexity index is 217. The van der Waals surface area contributed by atoms with Crippen molar-refractivity contribution in [2.45, 2.75) is 19.6 Å². The maximum Gasteiger partial charge on any atom is 0.333 e. The van der Waals surface area contributed by atoms with Crippen LogP contribution in [0.15, 0.2) is 11.8 Å². The van der Waals surface area contributed by atoms with Crippen LogP contribution in [0, 0.1) is 0 Å². The minimum absolute atomic E-state index is 0.291. The van der Waals surface area contributed by atoms with Gasteiger partial charge in [-0.25, -0.2) is 4.79 Å². The lowest BCUT2D eigenvalue weighted by molar-refractivity contribution is -0.135. The van der Waals surface area contributed by atoms with Crippen LogP contribution in [-0.2, 0) is 18.7 Å². The average Bonchev–Trinajstić information content (AvgIpc) is 2.01.